The third-order valence-electron chi connectivity index (χ3n) is 4.66. The van der Waals surface area contributed by atoms with Gasteiger partial charge in [0.25, 0.3) is 5.91 Å². The van der Waals surface area contributed by atoms with Gasteiger partial charge >= 0.3 is 23.9 Å². The van der Waals surface area contributed by atoms with Crippen molar-refractivity contribution in [1.82, 2.24) is 5.32 Å². The average Bonchev–Trinajstić information content (AvgIpc) is 2.72. The summed E-state index contributed by atoms with van der Waals surface area (Å²) in [4.78, 5) is 58.8. The second-order valence-electron chi connectivity index (χ2n) is 7.47. The summed E-state index contributed by atoms with van der Waals surface area (Å²) in [5.41, 5.74) is -0.173. The number of rotatable bonds is 8. The van der Waals surface area contributed by atoms with Gasteiger partial charge in [0.2, 0.25) is 5.75 Å². The molecule has 0 saturated heterocycles. The van der Waals surface area contributed by atoms with Crippen molar-refractivity contribution in [2.45, 2.75) is 52.9 Å². The molecule has 0 aromatic heterocycles. The molecule has 0 aliphatic heterocycles. The van der Waals surface area contributed by atoms with E-state index in [2.05, 4.69) is 5.32 Å². The minimum atomic E-state index is -0.922. The van der Waals surface area contributed by atoms with Crippen molar-refractivity contribution >= 4 is 29.8 Å². The molecule has 0 bridgehead atoms. The van der Waals surface area contributed by atoms with Crippen LogP contribution in [-0.2, 0) is 23.9 Å². The van der Waals surface area contributed by atoms with Crippen LogP contribution in [0.25, 0.3) is 0 Å². The Hall–Kier alpha value is -3.43. The number of ether oxygens (including phenoxy) is 4. The van der Waals surface area contributed by atoms with Crippen LogP contribution >= 0.6 is 0 Å². The molecule has 0 heterocycles. The van der Waals surface area contributed by atoms with E-state index in [1.54, 1.807) is 0 Å². The summed E-state index contributed by atoms with van der Waals surface area (Å²) >= 11 is 0. The average molecular weight is 449 g/mol. The highest BCUT2D eigenvalue weighted by molar-refractivity contribution is 5.93. The molecule has 0 spiro atoms. The van der Waals surface area contributed by atoms with E-state index < -0.39 is 36.4 Å². The zero-order chi connectivity index (χ0) is 23.7. The molecule has 0 radical (unpaired) electrons. The normalized spacial score (nSPS) is 13.6. The molecule has 1 aromatic carbocycles. The molecule has 174 valence electrons. The van der Waals surface area contributed by atoms with E-state index in [0.717, 1.165) is 58.6 Å². The van der Waals surface area contributed by atoms with Crippen LogP contribution in [0.3, 0.4) is 0 Å². The van der Waals surface area contributed by atoms with E-state index in [1.165, 1.54) is 6.42 Å². The molecule has 1 saturated carbocycles. The Morgan fingerprint density at radius 1 is 0.844 bits per heavy atom. The Kier molecular flexibility index (Phi) is 9.18. The highest BCUT2D eigenvalue weighted by atomic mass is 16.6. The van der Waals surface area contributed by atoms with Crippen LogP contribution in [0, 0.1) is 5.92 Å². The second-order valence-corrected chi connectivity index (χ2v) is 7.47. The first-order valence-corrected chi connectivity index (χ1v) is 10.3. The number of hydrogen-bond donors (Lipinski definition) is 1. The first kappa shape index (κ1) is 24.8. The lowest BCUT2D eigenvalue weighted by molar-refractivity contribution is -0.135. The van der Waals surface area contributed by atoms with Gasteiger partial charge in [0.1, 0.15) is 0 Å². The van der Waals surface area contributed by atoms with Crippen molar-refractivity contribution in [2.24, 2.45) is 5.92 Å². The van der Waals surface area contributed by atoms with Crippen molar-refractivity contribution in [1.29, 1.82) is 0 Å². The Morgan fingerprint density at radius 3 is 1.88 bits per heavy atom. The molecular formula is C22H27NO9. The maximum atomic E-state index is 12.5. The molecule has 1 aliphatic carbocycles. The van der Waals surface area contributed by atoms with Gasteiger partial charge in [0, 0.05) is 27.3 Å². The zero-order valence-electron chi connectivity index (χ0n) is 18.4. The molecule has 1 N–H and O–H groups in total. The molecule has 10 nitrogen and oxygen atoms in total. The molecule has 1 aromatic rings. The number of carbonyl (C=O) groups is 5. The predicted octanol–water partition coefficient (Wildman–Crippen LogP) is 2.32. The molecule has 0 unspecified atom stereocenters. The largest absolute Gasteiger partial charge is 0.452 e. The fourth-order valence-corrected chi connectivity index (χ4v) is 3.32. The Morgan fingerprint density at radius 2 is 1.38 bits per heavy atom. The maximum absolute atomic E-state index is 12.5. The summed E-state index contributed by atoms with van der Waals surface area (Å²) in [6, 6.07) is 2.18. The third-order valence-corrected chi connectivity index (χ3v) is 4.66. The molecule has 2 rings (SSSR count). The molecule has 10 heteroatoms. The predicted molar refractivity (Wildman–Crippen MR) is 110 cm³/mol. The smallest absolute Gasteiger partial charge is 0.338 e. The topological polar surface area (TPSA) is 134 Å². The lowest BCUT2D eigenvalue weighted by atomic mass is 9.89. The van der Waals surface area contributed by atoms with Gasteiger partial charge in [0.05, 0.1) is 5.56 Å². The lowest BCUT2D eigenvalue weighted by Crippen LogP contribution is -2.33. The van der Waals surface area contributed by atoms with E-state index in [4.69, 9.17) is 18.9 Å². The van der Waals surface area contributed by atoms with Gasteiger partial charge in [-0.2, -0.15) is 0 Å². The van der Waals surface area contributed by atoms with Gasteiger partial charge in [0.15, 0.2) is 18.1 Å². The van der Waals surface area contributed by atoms with Crippen LogP contribution in [0.2, 0.25) is 0 Å². The minimum absolute atomic E-state index is 0.173. The van der Waals surface area contributed by atoms with E-state index in [-0.39, 0.29) is 22.8 Å². The summed E-state index contributed by atoms with van der Waals surface area (Å²) in [6.07, 6.45) is 5.63. The maximum Gasteiger partial charge on any atom is 0.338 e. The van der Waals surface area contributed by atoms with Crippen LogP contribution in [-0.4, -0.2) is 42.9 Å². The van der Waals surface area contributed by atoms with E-state index in [1.807, 2.05) is 0 Å². The van der Waals surface area contributed by atoms with Gasteiger partial charge in [-0.3, -0.25) is 19.2 Å². The fraction of sp³-hybridized carbons (Fsp3) is 0.500. The van der Waals surface area contributed by atoms with Crippen LogP contribution < -0.4 is 19.5 Å². The van der Waals surface area contributed by atoms with Crippen LogP contribution in [0.5, 0.6) is 17.2 Å². The number of nitrogens with one attached hydrogen (secondary N) is 1. The van der Waals surface area contributed by atoms with Gasteiger partial charge in [-0.05, 0) is 30.9 Å². The molecule has 0 atom stereocenters. The van der Waals surface area contributed by atoms with Crippen molar-refractivity contribution in [3.8, 4) is 17.2 Å². The van der Waals surface area contributed by atoms with Gasteiger partial charge in [-0.15, -0.1) is 0 Å². The van der Waals surface area contributed by atoms with Gasteiger partial charge in [-0.1, -0.05) is 19.3 Å². The van der Waals surface area contributed by atoms with E-state index >= 15 is 0 Å². The third kappa shape index (κ3) is 8.01. The summed E-state index contributed by atoms with van der Waals surface area (Å²) in [5.74, 6) is -4.22. The first-order valence-electron chi connectivity index (χ1n) is 10.3. The number of amides is 1. The number of benzene rings is 1. The number of hydrogen-bond acceptors (Lipinski definition) is 9. The highest BCUT2D eigenvalue weighted by Crippen LogP contribution is 2.39. The molecule has 1 fully saturated rings. The molecule has 1 aliphatic rings. The van der Waals surface area contributed by atoms with Crippen molar-refractivity contribution in [3.05, 3.63) is 17.7 Å². The number of esters is 4. The molecular weight excluding hydrogens is 422 g/mol. The monoisotopic (exact) mass is 449 g/mol. The summed E-state index contributed by atoms with van der Waals surface area (Å²) < 4.78 is 20.0. The zero-order valence-corrected chi connectivity index (χ0v) is 18.4. The van der Waals surface area contributed by atoms with Gasteiger partial charge < -0.3 is 24.3 Å². The van der Waals surface area contributed by atoms with Crippen molar-refractivity contribution in [2.75, 3.05) is 13.2 Å². The van der Waals surface area contributed by atoms with Crippen molar-refractivity contribution < 1.29 is 42.9 Å². The Balaban J connectivity index is 2.12. The summed E-state index contributed by atoms with van der Waals surface area (Å²) in [5, 5.41) is 2.75. The van der Waals surface area contributed by atoms with Crippen molar-refractivity contribution in [3.63, 3.8) is 0 Å². The van der Waals surface area contributed by atoms with Crippen LogP contribution in [0.1, 0.15) is 63.2 Å². The quantitative estimate of drug-likeness (QED) is 0.468. The first-order chi connectivity index (χ1) is 15.2. The highest BCUT2D eigenvalue weighted by Gasteiger charge is 2.23. The fourth-order valence-electron chi connectivity index (χ4n) is 3.32. The van der Waals surface area contributed by atoms with Crippen LogP contribution in [0.4, 0.5) is 0 Å². The molecule has 1 amide bonds. The Bertz CT molecular complexity index is 850. The standard InChI is InChI=1S/C22H27NO9/c1-13(24)30-18-9-17(10-19(31-14(2)25)21(18)32-15(3)26)22(28)29-12-20(27)23-11-16-7-5-4-6-8-16/h9-10,16H,4-8,11-12H2,1-3H3,(H,23,27). The van der Waals surface area contributed by atoms with Gasteiger partial charge in [-0.25, -0.2) is 4.79 Å². The van der Waals surface area contributed by atoms with E-state index in [0.29, 0.717) is 12.5 Å². The second kappa shape index (κ2) is 11.8. The van der Waals surface area contributed by atoms with E-state index in [9.17, 15) is 24.0 Å². The van der Waals surface area contributed by atoms with Crippen LogP contribution in [0.15, 0.2) is 12.1 Å². The summed E-state index contributed by atoms with van der Waals surface area (Å²) in [6.45, 7) is 3.32. The lowest BCUT2D eigenvalue weighted by Gasteiger charge is -2.21. The minimum Gasteiger partial charge on any atom is -0.452 e. The summed E-state index contributed by atoms with van der Waals surface area (Å²) in [7, 11) is 0. The number of carbonyl (C=O) groups excluding carboxylic acids is 5. The SMILES string of the molecule is CC(=O)Oc1cc(C(=O)OCC(=O)NCC2CCCCC2)cc(OC(C)=O)c1OC(C)=O. The Labute approximate surface area is 185 Å². The molecule has 32 heavy (non-hydrogen) atoms.